The van der Waals surface area contributed by atoms with Gasteiger partial charge in [-0.25, -0.2) is 9.78 Å². The van der Waals surface area contributed by atoms with Gasteiger partial charge in [0.25, 0.3) is 5.91 Å². The van der Waals surface area contributed by atoms with Crippen molar-refractivity contribution in [1.29, 1.82) is 0 Å². The second-order valence-corrected chi connectivity index (χ2v) is 3.59. The van der Waals surface area contributed by atoms with Crippen LogP contribution in [-0.4, -0.2) is 22.0 Å². The van der Waals surface area contributed by atoms with Crippen LogP contribution >= 0.6 is 0 Å². The van der Waals surface area contributed by atoms with Gasteiger partial charge < -0.3 is 14.8 Å². The molecule has 2 heterocycles. The molecule has 6 nitrogen and oxygen atoms in total. The van der Waals surface area contributed by atoms with Crippen LogP contribution in [0.2, 0.25) is 0 Å². The Morgan fingerprint density at radius 2 is 1.94 bits per heavy atom. The highest BCUT2D eigenvalue weighted by Crippen LogP contribution is 2.11. The summed E-state index contributed by atoms with van der Waals surface area (Å²) >= 11 is 0. The van der Waals surface area contributed by atoms with E-state index in [0.717, 1.165) is 5.69 Å². The van der Waals surface area contributed by atoms with Gasteiger partial charge in [-0.1, -0.05) is 6.07 Å². The summed E-state index contributed by atoms with van der Waals surface area (Å²) in [6.45, 7) is 1.80. The van der Waals surface area contributed by atoms with Crippen molar-refractivity contribution < 1.29 is 19.1 Å². The highest BCUT2D eigenvalue weighted by atomic mass is 16.4. The first kappa shape index (κ1) is 11.8. The third kappa shape index (κ3) is 2.54. The molecule has 0 atom stereocenters. The highest BCUT2D eigenvalue weighted by molar-refractivity contribution is 6.02. The van der Waals surface area contributed by atoms with Crippen LogP contribution in [0.3, 0.4) is 0 Å². The van der Waals surface area contributed by atoms with E-state index >= 15 is 0 Å². The molecule has 18 heavy (non-hydrogen) atoms. The van der Waals surface area contributed by atoms with Gasteiger partial charge in [0.2, 0.25) is 5.76 Å². The van der Waals surface area contributed by atoms with Crippen molar-refractivity contribution in [2.75, 3.05) is 5.32 Å². The van der Waals surface area contributed by atoms with Crippen LogP contribution in [0.15, 0.2) is 34.7 Å². The lowest BCUT2D eigenvalue weighted by Crippen LogP contribution is -2.12. The summed E-state index contributed by atoms with van der Waals surface area (Å²) in [7, 11) is 0. The summed E-state index contributed by atoms with van der Waals surface area (Å²) in [6.07, 6.45) is 0. The Morgan fingerprint density at radius 3 is 2.56 bits per heavy atom. The quantitative estimate of drug-likeness (QED) is 0.863. The zero-order chi connectivity index (χ0) is 13.1. The minimum absolute atomic E-state index is 0.0734. The monoisotopic (exact) mass is 246 g/mol. The van der Waals surface area contributed by atoms with Crippen LogP contribution in [0.25, 0.3) is 0 Å². The lowest BCUT2D eigenvalue weighted by atomic mass is 10.3. The minimum atomic E-state index is -1.22. The van der Waals surface area contributed by atoms with E-state index in [0.29, 0.717) is 5.82 Å². The Hall–Kier alpha value is -2.63. The number of carboxylic acids is 1. The highest BCUT2D eigenvalue weighted by Gasteiger charge is 2.15. The van der Waals surface area contributed by atoms with Crippen molar-refractivity contribution >= 4 is 17.7 Å². The number of nitrogens with zero attached hydrogens (tertiary/aromatic N) is 1. The van der Waals surface area contributed by atoms with E-state index in [1.165, 1.54) is 12.1 Å². The number of pyridine rings is 1. The fourth-order valence-electron chi connectivity index (χ4n) is 1.37. The lowest BCUT2D eigenvalue weighted by molar-refractivity contribution is 0.0660. The normalized spacial score (nSPS) is 10.1. The second-order valence-electron chi connectivity index (χ2n) is 3.59. The second kappa shape index (κ2) is 4.70. The van der Waals surface area contributed by atoms with Crippen molar-refractivity contribution in [2.45, 2.75) is 6.92 Å². The van der Waals surface area contributed by atoms with Crippen LogP contribution in [0.5, 0.6) is 0 Å². The summed E-state index contributed by atoms with van der Waals surface area (Å²) in [4.78, 5) is 26.4. The minimum Gasteiger partial charge on any atom is -0.475 e. The Morgan fingerprint density at radius 1 is 1.22 bits per heavy atom. The molecule has 0 spiro atoms. The van der Waals surface area contributed by atoms with E-state index in [1.54, 1.807) is 25.1 Å². The molecule has 0 saturated carbocycles. The molecule has 0 aliphatic rings. The van der Waals surface area contributed by atoms with Gasteiger partial charge in [-0.05, 0) is 31.2 Å². The molecule has 2 N–H and O–H groups in total. The predicted octanol–water partition coefficient (Wildman–Crippen LogP) is 1.93. The molecule has 92 valence electrons. The van der Waals surface area contributed by atoms with E-state index in [2.05, 4.69) is 10.3 Å². The standard InChI is InChI=1S/C12H10N2O4/c1-7-3-2-4-10(13-7)14-11(15)8-5-6-9(18-8)12(16)17/h2-6H,1H3,(H,16,17)(H,13,14,15). The number of rotatable bonds is 3. The number of aromatic nitrogens is 1. The van der Waals surface area contributed by atoms with Crippen molar-refractivity contribution in [1.82, 2.24) is 4.98 Å². The molecule has 0 fully saturated rings. The molecule has 0 aliphatic heterocycles. The summed E-state index contributed by atoms with van der Waals surface area (Å²) in [5.41, 5.74) is 0.762. The molecule has 1 amide bonds. The SMILES string of the molecule is Cc1cccc(NC(=O)c2ccc(C(=O)O)o2)n1. The van der Waals surface area contributed by atoms with Gasteiger partial charge in [0.15, 0.2) is 5.76 Å². The van der Waals surface area contributed by atoms with E-state index in [-0.39, 0.29) is 11.5 Å². The summed E-state index contributed by atoms with van der Waals surface area (Å²) < 4.78 is 4.87. The number of carbonyl (C=O) groups excluding carboxylic acids is 1. The van der Waals surface area contributed by atoms with Crippen LogP contribution in [0.1, 0.15) is 26.8 Å². The zero-order valence-corrected chi connectivity index (χ0v) is 9.51. The molecule has 0 unspecified atom stereocenters. The van der Waals surface area contributed by atoms with Crippen molar-refractivity contribution in [3.8, 4) is 0 Å². The fourth-order valence-corrected chi connectivity index (χ4v) is 1.37. The molecule has 2 aromatic heterocycles. The predicted molar refractivity (Wildman–Crippen MR) is 62.6 cm³/mol. The maximum Gasteiger partial charge on any atom is 0.371 e. The average molecular weight is 246 g/mol. The number of carboxylic acid groups (broad SMARTS) is 1. The smallest absolute Gasteiger partial charge is 0.371 e. The molecule has 0 radical (unpaired) electrons. The van der Waals surface area contributed by atoms with Gasteiger partial charge in [-0.2, -0.15) is 0 Å². The third-order valence-electron chi connectivity index (χ3n) is 2.17. The molecule has 0 saturated heterocycles. The molecular weight excluding hydrogens is 236 g/mol. The number of aryl methyl sites for hydroxylation is 1. The summed E-state index contributed by atoms with van der Waals surface area (Å²) in [5, 5.41) is 11.2. The number of furan rings is 1. The van der Waals surface area contributed by atoms with Crippen LogP contribution in [0, 0.1) is 6.92 Å². The maximum absolute atomic E-state index is 11.7. The topological polar surface area (TPSA) is 92.4 Å². The number of aromatic carboxylic acids is 1. The van der Waals surface area contributed by atoms with Crippen LogP contribution in [-0.2, 0) is 0 Å². The number of carbonyl (C=O) groups is 2. The average Bonchev–Trinajstić information content (AvgIpc) is 2.78. The Kier molecular flexibility index (Phi) is 3.09. The van der Waals surface area contributed by atoms with E-state index < -0.39 is 11.9 Å². The molecule has 0 aromatic carbocycles. The molecule has 6 heteroatoms. The van der Waals surface area contributed by atoms with E-state index in [4.69, 9.17) is 9.52 Å². The summed E-state index contributed by atoms with van der Waals surface area (Å²) in [6, 6.07) is 7.70. The number of hydrogen-bond acceptors (Lipinski definition) is 4. The first-order valence-corrected chi connectivity index (χ1v) is 5.14. The number of anilines is 1. The molecule has 0 aliphatic carbocycles. The third-order valence-corrected chi connectivity index (χ3v) is 2.17. The van der Waals surface area contributed by atoms with Gasteiger partial charge >= 0.3 is 5.97 Å². The van der Waals surface area contributed by atoms with Crippen molar-refractivity contribution in [3.63, 3.8) is 0 Å². The van der Waals surface area contributed by atoms with Crippen molar-refractivity contribution in [2.24, 2.45) is 0 Å². The Bertz CT molecular complexity index is 604. The largest absolute Gasteiger partial charge is 0.475 e. The number of nitrogens with one attached hydrogen (secondary N) is 1. The van der Waals surface area contributed by atoms with E-state index in [1.807, 2.05) is 0 Å². The maximum atomic E-state index is 11.7. The van der Waals surface area contributed by atoms with Crippen LogP contribution in [0.4, 0.5) is 5.82 Å². The zero-order valence-electron chi connectivity index (χ0n) is 9.51. The van der Waals surface area contributed by atoms with Gasteiger partial charge in [-0.3, -0.25) is 4.79 Å². The Labute approximate surface area is 102 Å². The van der Waals surface area contributed by atoms with Gasteiger partial charge in [0, 0.05) is 5.69 Å². The Balaban J connectivity index is 2.14. The molecule has 2 aromatic rings. The number of amides is 1. The van der Waals surface area contributed by atoms with Gasteiger partial charge in [0.05, 0.1) is 0 Å². The first-order valence-electron chi connectivity index (χ1n) is 5.14. The number of hydrogen-bond donors (Lipinski definition) is 2. The van der Waals surface area contributed by atoms with Crippen molar-refractivity contribution in [3.05, 3.63) is 47.5 Å². The molecule has 0 bridgehead atoms. The first-order chi connectivity index (χ1) is 8.56. The fraction of sp³-hybridized carbons (Fsp3) is 0.0833. The lowest BCUT2D eigenvalue weighted by Gasteiger charge is -2.02. The van der Waals surface area contributed by atoms with Crippen LogP contribution < -0.4 is 5.32 Å². The van der Waals surface area contributed by atoms with E-state index in [9.17, 15) is 9.59 Å². The molecular formula is C12H10N2O4. The summed E-state index contributed by atoms with van der Waals surface area (Å²) in [5.74, 6) is -1.73. The molecule has 2 rings (SSSR count). The van der Waals surface area contributed by atoms with Gasteiger partial charge in [-0.15, -0.1) is 0 Å². The van der Waals surface area contributed by atoms with Gasteiger partial charge in [0.1, 0.15) is 5.82 Å².